The molecule has 5 nitrogen and oxygen atoms in total. The molecule has 0 aliphatic rings. The van der Waals surface area contributed by atoms with E-state index in [-0.39, 0.29) is 12.2 Å². The molecule has 1 aromatic carbocycles. The van der Waals surface area contributed by atoms with Crippen molar-refractivity contribution in [3.63, 3.8) is 0 Å². The third-order valence-corrected chi connectivity index (χ3v) is 2.77. The third-order valence-electron chi connectivity index (χ3n) is 2.77. The Morgan fingerprint density at radius 1 is 1.39 bits per heavy atom. The maximum Gasteiger partial charge on any atom is 0.172 e. The van der Waals surface area contributed by atoms with E-state index in [1.807, 2.05) is 24.3 Å². The minimum absolute atomic E-state index is 0.0135. The van der Waals surface area contributed by atoms with Crippen LogP contribution in [0.3, 0.4) is 0 Å². The van der Waals surface area contributed by atoms with Crippen molar-refractivity contribution in [1.29, 1.82) is 0 Å². The molecule has 0 N–H and O–H groups in total. The van der Waals surface area contributed by atoms with Crippen LogP contribution in [0.25, 0.3) is 11.0 Å². The van der Waals surface area contributed by atoms with Gasteiger partial charge in [0, 0.05) is 18.6 Å². The maximum atomic E-state index is 12.2. The number of aromatic nitrogens is 3. The van der Waals surface area contributed by atoms with Crippen molar-refractivity contribution >= 4 is 16.8 Å². The number of hydrogen-bond acceptors (Lipinski definition) is 4. The molecule has 0 aliphatic heterocycles. The Balaban J connectivity index is 1.92. The number of hydrogen-bond donors (Lipinski definition) is 0. The average Bonchev–Trinajstić information content (AvgIpc) is 2.95. The summed E-state index contributed by atoms with van der Waals surface area (Å²) in [7, 11) is 1.77. The number of Topliss-reactive ketones (excluding diaryl/α,β-unsaturated/α-hetero) is 1. The van der Waals surface area contributed by atoms with Crippen molar-refractivity contribution in [1.82, 2.24) is 15.0 Å². The molecule has 0 fully saturated rings. The summed E-state index contributed by atoms with van der Waals surface area (Å²) in [5.41, 5.74) is 1.98. The number of fused-ring (bicyclic) bond motifs is 1. The van der Waals surface area contributed by atoms with Crippen LogP contribution in [0, 0.1) is 0 Å². The lowest BCUT2D eigenvalue weighted by Crippen LogP contribution is -2.03. The number of para-hydroxylation sites is 1. The minimum atomic E-state index is -0.0135. The van der Waals surface area contributed by atoms with Crippen LogP contribution < -0.4 is 0 Å². The number of ketones is 1. The highest BCUT2D eigenvalue weighted by molar-refractivity contribution is 6.07. The molecule has 3 aromatic rings. The highest BCUT2D eigenvalue weighted by Gasteiger charge is 2.15. The largest absolute Gasteiger partial charge is 0.464 e. The first kappa shape index (κ1) is 10.7. The van der Waals surface area contributed by atoms with Crippen LogP contribution in [0.5, 0.6) is 0 Å². The van der Waals surface area contributed by atoms with Gasteiger partial charge in [0.25, 0.3) is 0 Å². The van der Waals surface area contributed by atoms with E-state index in [4.69, 9.17) is 4.42 Å². The molecule has 0 aliphatic carbocycles. The highest BCUT2D eigenvalue weighted by Crippen LogP contribution is 2.21. The summed E-state index contributed by atoms with van der Waals surface area (Å²) in [6.45, 7) is 0. The van der Waals surface area contributed by atoms with E-state index in [1.165, 1.54) is 6.26 Å². The Bertz CT molecular complexity index is 712. The van der Waals surface area contributed by atoms with Crippen LogP contribution in [0.1, 0.15) is 16.1 Å². The first-order valence-electron chi connectivity index (χ1n) is 5.58. The number of rotatable bonds is 3. The molecule has 0 atom stereocenters. The molecule has 3 rings (SSSR count). The highest BCUT2D eigenvalue weighted by atomic mass is 16.3. The van der Waals surface area contributed by atoms with E-state index in [0.717, 1.165) is 11.0 Å². The first-order chi connectivity index (χ1) is 8.74. The topological polar surface area (TPSA) is 60.9 Å². The van der Waals surface area contributed by atoms with Gasteiger partial charge < -0.3 is 4.42 Å². The van der Waals surface area contributed by atoms with E-state index in [9.17, 15) is 4.79 Å². The molecule has 90 valence electrons. The SMILES string of the molecule is Cn1cc(CC(=O)c2coc3ccccc23)nn1. The Morgan fingerprint density at radius 2 is 2.22 bits per heavy atom. The van der Waals surface area contributed by atoms with Crippen LogP contribution in [-0.4, -0.2) is 20.8 Å². The summed E-state index contributed by atoms with van der Waals surface area (Å²) in [5, 5.41) is 8.55. The van der Waals surface area contributed by atoms with E-state index < -0.39 is 0 Å². The van der Waals surface area contributed by atoms with Crippen molar-refractivity contribution in [3.05, 3.63) is 48.0 Å². The third kappa shape index (κ3) is 1.79. The van der Waals surface area contributed by atoms with Gasteiger partial charge in [-0.3, -0.25) is 9.48 Å². The second kappa shape index (κ2) is 4.10. The fourth-order valence-electron chi connectivity index (χ4n) is 1.93. The minimum Gasteiger partial charge on any atom is -0.464 e. The van der Waals surface area contributed by atoms with Crippen molar-refractivity contribution in [3.8, 4) is 0 Å². The fourth-order valence-corrected chi connectivity index (χ4v) is 1.93. The maximum absolute atomic E-state index is 12.2. The van der Waals surface area contributed by atoms with Gasteiger partial charge in [0.1, 0.15) is 11.8 Å². The molecule has 0 saturated carbocycles. The van der Waals surface area contributed by atoms with Gasteiger partial charge in [-0.25, -0.2) is 0 Å². The zero-order chi connectivity index (χ0) is 12.5. The van der Waals surface area contributed by atoms with Crippen LogP contribution in [-0.2, 0) is 13.5 Å². The van der Waals surface area contributed by atoms with Gasteiger partial charge in [0.15, 0.2) is 5.78 Å². The number of carbonyl (C=O) groups excluding carboxylic acids is 1. The molecule has 2 heterocycles. The molecule has 0 radical (unpaired) electrons. The van der Waals surface area contributed by atoms with Gasteiger partial charge in [-0.15, -0.1) is 5.10 Å². The van der Waals surface area contributed by atoms with Crippen molar-refractivity contribution in [2.45, 2.75) is 6.42 Å². The lowest BCUT2D eigenvalue weighted by Gasteiger charge is -1.94. The van der Waals surface area contributed by atoms with Gasteiger partial charge in [-0.05, 0) is 6.07 Å². The summed E-state index contributed by atoms with van der Waals surface area (Å²) in [6, 6.07) is 7.48. The van der Waals surface area contributed by atoms with E-state index >= 15 is 0 Å². The summed E-state index contributed by atoms with van der Waals surface area (Å²) < 4.78 is 6.93. The Morgan fingerprint density at radius 3 is 3.00 bits per heavy atom. The molecular weight excluding hydrogens is 230 g/mol. The van der Waals surface area contributed by atoms with Crippen LogP contribution >= 0.6 is 0 Å². The van der Waals surface area contributed by atoms with Crippen LogP contribution in [0.4, 0.5) is 0 Å². The molecule has 2 aromatic heterocycles. The quantitative estimate of drug-likeness (QED) is 0.658. The van der Waals surface area contributed by atoms with Gasteiger partial charge in [-0.2, -0.15) is 0 Å². The van der Waals surface area contributed by atoms with Gasteiger partial charge in [0.05, 0.1) is 17.7 Å². The van der Waals surface area contributed by atoms with Crippen molar-refractivity contribution < 1.29 is 9.21 Å². The van der Waals surface area contributed by atoms with Gasteiger partial charge >= 0.3 is 0 Å². The normalized spacial score (nSPS) is 10.9. The number of carbonyl (C=O) groups is 1. The van der Waals surface area contributed by atoms with E-state index in [0.29, 0.717) is 11.3 Å². The number of nitrogens with zero attached hydrogens (tertiary/aromatic N) is 3. The summed E-state index contributed by atoms with van der Waals surface area (Å²) >= 11 is 0. The van der Waals surface area contributed by atoms with E-state index in [1.54, 1.807) is 17.9 Å². The zero-order valence-corrected chi connectivity index (χ0v) is 9.83. The monoisotopic (exact) mass is 241 g/mol. The van der Waals surface area contributed by atoms with Crippen molar-refractivity contribution in [2.24, 2.45) is 7.05 Å². The van der Waals surface area contributed by atoms with Gasteiger partial charge in [0.2, 0.25) is 0 Å². The first-order valence-corrected chi connectivity index (χ1v) is 5.58. The molecule has 0 saturated heterocycles. The predicted octanol–water partition coefficient (Wildman–Crippen LogP) is 1.99. The molecule has 18 heavy (non-hydrogen) atoms. The zero-order valence-electron chi connectivity index (χ0n) is 9.83. The standard InChI is InChI=1S/C13H11N3O2/c1-16-7-9(14-15-16)6-12(17)11-8-18-13-5-3-2-4-10(11)13/h2-5,7-8H,6H2,1H3. The Labute approximate surface area is 103 Å². The number of aryl methyl sites for hydroxylation is 1. The van der Waals surface area contributed by atoms with Crippen LogP contribution in [0.2, 0.25) is 0 Å². The van der Waals surface area contributed by atoms with Crippen LogP contribution in [0.15, 0.2) is 41.1 Å². The summed E-state index contributed by atoms with van der Waals surface area (Å²) in [4.78, 5) is 12.2. The van der Waals surface area contributed by atoms with E-state index in [2.05, 4.69) is 10.3 Å². The fraction of sp³-hybridized carbons (Fsp3) is 0.154. The number of benzene rings is 1. The second-order valence-corrected chi connectivity index (χ2v) is 4.13. The Kier molecular flexibility index (Phi) is 2.44. The molecular formula is C13H11N3O2. The average molecular weight is 241 g/mol. The second-order valence-electron chi connectivity index (χ2n) is 4.13. The summed E-state index contributed by atoms with van der Waals surface area (Å²) in [5.74, 6) is -0.0135. The molecule has 0 amide bonds. The Hall–Kier alpha value is -2.43. The molecule has 5 heteroatoms. The lowest BCUT2D eigenvalue weighted by molar-refractivity contribution is 0.0992. The molecule has 0 unspecified atom stereocenters. The predicted molar refractivity (Wildman–Crippen MR) is 65.3 cm³/mol. The smallest absolute Gasteiger partial charge is 0.172 e. The molecule has 0 bridgehead atoms. The number of furan rings is 1. The lowest BCUT2D eigenvalue weighted by atomic mass is 10.1. The molecule has 0 spiro atoms. The van der Waals surface area contributed by atoms with Gasteiger partial charge in [-0.1, -0.05) is 23.4 Å². The van der Waals surface area contributed by atoms with Crippen molar-refractivity contribution in [2.75, 3.05) is 0 Å². The summed E-state index contributed by atoms with van der Waals surface area (Å²) in [6.07, 6.45) is 3.47.